The summed E-state index contributed by atoms with van der Waals surface area (Å²) in [6.07, 6.45) is -0.849. The third-order valence-corrected chi connectivity index (χ3v) is 10.6. The Labute approximate surface area is 360 Å². The summed E-state index contributed by atoms with van der Waals surface area (Å²) in [6, 6.07) is 18.9. The molecule has 4 aromatic rings. The Kier molecular flexibility index (Phi) is 14.4. The molecule has 0 atom stereocenters. The summed E-state index contributed by atoms with van der Waals surface area (Å²) in [4.78, 5) is 13.6. The molecule has 11 heteroatoms. The Bertz CT molecular complexity index is 2070. The zero-order valence-corrected chi connectivity index (χ0v) is 40.2. The monoisotopic (exact) mass is 846 g/mol. The Morgan fingerprint density at radius 3 is 1.13 bits per heavy atom. The van der Waals surface area contributed by atoms with Gasteiger partial charge >= 0.3 is 14.8 Å². The van der Waals surface area contributed by atoms with Gasteiger partial charge in [-0.25, -0.2) is 4.79 Å². The van der Waals surface area contributed by atoms with Gasteiger partial charge in [0.2, 0.25) is 0 Å². The maximum atomic E-state index is 13.6. The molecule has 0 aromatic heterocycles. The van der Waals surface area contributed by atoms with Crippen LogP contribution in [0.3, 0.4) is 0 Å². The molecule has 60 heavy (non-hydrogen) atoms. The number of methoxy groups -OCH3 is 4. The first-order valence-electron chi connectivity index (χ1n) is 20.2. The Balaban J connectivity index is 2.14. The standard InChI is InChI=1S/C49H67O10P/c1-45(2,3)36-26-30(51-16)20-22-40(36)57-60(58-41-23-21-31(52-17)27-37(41)46(4,5)6)59-43-35(25-33(54-19)29-39(43)48(10,11)12)34-24-32(53-18)28-38(47(7,8)9)42(34)55-44(50)56-49(13,14)15/h20-29H,1-19H3. The van der Waals surface area contributed by atoms with E-state index in [9.17, 15) is 4.79 Å². The van der Waals surface area contributed by atoms with Gasteiger partial charge < -0.3 is 42.0 Å². The van der Waals surface area contributed by atoms with E-state index in [1.807, 2.05) is 81.4 Å². The van der Waals surface area contributed by atoms with Crippen molar-refractivity contribution in [3.05, 3.63) is 82.9 Å². The van der Waals surface area contributed by atoms with E-state index in [-0.39, 0.29) is 16.6 Å². The lowest BCUT2D eigenvalue weighted by molar-refractivity contribution is 0.0203. The normalized spacial score (nSPS) is 12.5. The molecule has 0 aliphatic heterocycles. The average molecular weight is 847 g/mol. The van der Waals surface area contributed by atoms with Crippen molar-refractivity contribution in [1.82, 2.24) is 0 Å². The quantitative estimate of drug-likeness (QED) is 0.0778. The van der Waals surface area contributed by atoms with E-state index in [2.05, 4.69) is 62.3 Å². The highest BCUT2D eigenvalue weighted by molar-refractivity contribution is 7.43. The molecule has 0 heterocycles. The predicted molar refractivity (Wildman–Crippen MR) is 241 cm³/mol. The first-order chi connectivity index (χ1) is 27.6. The molecule has 0 aliphatic rings. The Morgan fingerprint density at radius 1 is 0.433 bits per heavy atom. The largest absolute Gasteiger partial charge is 0.530 e. The van der Waals surface area contributed by atoms with Crippen LogP contribution >= 0.6 is 8.60 Å². The van der Waals surface area contributed by atoms with E-state index in [0.717, 1.165) is 16.7 Å². The van der Waals surface area contributed by atoms with Crippen molar-refractivity contribution in [1.29, 1.82) is 0 Å². The van der Waals surface area contributed by atoms with Gasteiger partial charge in [0.15, 0.2) is 0 Å². The molecule has 0 saturated carbocycles. The molecule has 0 amide bonds. The molecule has 10 nitrogen and oxygen atoms in total. The lowest BCUT2D eigenvalue weighted by atomic mass is 9.81. The molecule has 0 N–H and O–H groups in total. The number of carbonyl (C=O) groups is 1. The second kappa shape index (κ2) is 18.0. The van der Waals surface area contributed by atoms with Crippen LogP contribution in [0.15, 0.2) is 60.7 Å². The Hall–Kier alpha value is -4.82. The molecule has 4 rings (SSSR count). The summed E-state index contributed by atoms with van der Waals surface area (Å²) in [7, 11) is 4.20. The van der Waals surface area contributed by atoms with Crippen LogP contribution in [0.1, 0.15) is 126 Å². The summed E-state index contributed by atoms with van der Waals surface area (Å²) in [5.74, 6) is 4.36. The second-order valence-electron chi connectivity index (χ2n) is 19.9. The molecular formula is C49H67O10P. The van der Waals surface area contributed by atoms with E-state index in [1.165, 1.54) is 0 Å². The minimum Gasteiger partial charge on any atom is -0.497 e. The predicted octanol–water partition coefficient (Wildman–Crippen LogP) is 13.7. The minimum atomic E-state index is -2.30. The minimum absolute atomic E-state index is 0.289. The third kappa shape index (κ3) is 11.9. The van der Waals surface area contributed by atoms with Crippen molar-refractivity contribution in [3.63, 3.8) is 0 Å². The van der Waals surface area contributed by atoms with Gasteiger partial charge in [0.25, 0.3) is 0 Å². The number of ether oxygens (including phenoxy) is 6. The third-order valence-electron chi connectivity index (χ3n) is 9.58. The maximum absolute atomic E-state index is 13.6. The molecule has 0 saturated heterocycles. The van der Waals surface area contributed by atoms with Crippen LogP contribution in [0.25, 0.3) is 11.1 Å². The molecule has 0 fully saturated rings. The molecule has 4 aromatic carbocycles. The average Bonchev–Trinajstić information content (AvgIpc) is 3.12. The number of rotatable bonds is 12. The number of benzene rings is 4. The molecule has 0 radical (unpaired) electrons. The SMILES string of the molecule is COc1ccc(OP(Oc2ccc(OC)cc2C(C)(C)C)Oc2c(-c3cc(OC)cc(C(C)(C)C)c3OC(=O)OC(C)(C)C)cc(OC)cc2C(C)(C)C)c(C(C)(C)C)c1. The van der Waals surface area contributed by atoms with Gasteiger partial charge in [0.1, 0.15) is 51.6 Å². The maximum Gasteiger partial charge on any atom is 0.530 e. The van der Waals surface area contributed by atoms with E-state index < -0.39 is 31.2 Å². The summed E-state index contributed by atoms with van der Waals surface area (Å²) >= 11 is 0. The van der Waals surface area contributed by atoms with E-state index in [4.69, 9.17) is 42.0 Å². The van der Waals surface area contributed by atoms with Gasteiger partial charge in [-0.05, 0) is 103 Å². The first kappa shape index (κ1) is 47.9. The molecule has 0 spiro atoms. The summed E-state index contributed by atoms with van der Waals surface area (Å²) in [5.41, 5.74) is 1.84. The number of hydrogen-bond donors (Lipinski definition) is 0. The molecule has 0 unspecified atom stereocenters. The van der Waals surface area contributed by atoms with E-state index in [1.54, 1.807) is 49.2 Å². The van der Waals surface area contributed by atoms with Crippen LogP contribution in [-0.4, -0.2) is 40.2 Å². The molecule has 328 valence electrons. The zero-order valence-electron chi connectivity index (χ0n) is 39.3. The topological polar surface area (TPSA) is 100 Å². The highest BCUT2D eigenvalue weighted by Gasteiger charge is 2.35. The summed E-state index contributed by atoms with van der Waals surface area (Å²) < 4.78 is 56.3. The van der Waals surface area contributed by atoms with Crippen molar-refractivity contribution in [2.75, 3.05) is 28.4 Å². The van der Waals surface area contributed by atoms with E-state index in [0.29, 0.717) is 56.9 Å². The lowest BCUT2D eigenvalue weighted by Gasteiger charge is -2.31. The van der Waals surface area contributed by atoms with Crippen molar-refractivity contribution >= 4 is 14.8 Å². The summed E-state index contributed by atoms with van der Waals surface area (Å²) in [6.45, 7) is 30.5. The summed E-state index contributed by atoms with van der Waals surface area (Å²) in [5, 5.41) is 0. The van der Waals surface area contributed by atoms with Crippen LogP contribution in [0, 0.1) is 0 Å². The fraction of sp³-hybridized carbons (Fsp3) is 0.490. The lowest BCUT2D eigenvalue weighted by Crippen LogP contribution is -2.27. The van der Waals surface area contributed by atoms with Crippen molar-refractivity contribution in [2.45, 2.75) is 131 Å². The second-order valence-corrected chi connectivity index (χ2v) is 20.9. The Morgan fingerprint density at radius 2 is 0.783 bits per heavy atom. The fourth-order valence-corrected chi connectivity index (χ4v) is 7.51. The van der Waals surface area contributed by atoms with Crippen molar-refractivity contribution in [3.8, 4) is 57.1 Å². The molecule has 0 bridgehead atoms. The number of hydrogen-bond acceptors (Lipinski definition) is 10. The van der Waals surface area contributed by atoms with Crippen LogP contribution < -0.4 is 37.3 Å². The number of carbonyl (C=O) groups excluding carboxylic acids is 1. The van der Waals surface area contributed by atoms with Gasteiger partial charge in [0, 0.05) is 33.4 Å². The zero-order chi connectivity index (χ0) is 45.2. The molecular weight excluding hydrogens is 780 g/mol. The van der Waals surface area contributed by atoms with Crippen LogP contribution in [0.5, 0.6) is 46.0 Å². The van der Waals surface area contributed by atoms with Gasteiger partial charge in [-0.3, -0.25) is 0 Å². The van der Waals surface area contributed by atoms with Gasteiger partial charge in [-0.1, -0.05) is 83.1 Å². The fourth-order valence-electron chi connectivity index (χ4n) is 6.41. The van der Waals surface area contributed by atoms with Gasteiger partial charge in [-0.15, -0.1) is 0 Å². The van der Waals surface area contributed by atoms with Crippen LogP contribution in [-0.2, 0) is 26.4 Å². The highest BCUT2D eigenvalue weighted by atomic mass is 31.2. The van der Waals surface area contributed by atoms with Gasteiger partial charge in [0.05, 0.1) is 28.4 Å². The van der Waals surface area contributed by atoms with E-state index >= 15 is 0 Å². The highest BCUT2D eigenvalue weighted by Crippen LogP contribution is 2.55. The van der Waals surface area contributed by atoms with Crippen molar-refractivity contribution in [2.24, 2.45) is 0 Å². The van der Waals surface area contributed by atoms with Gasteiger partial charge in [-0.2, -0.15) is 0 Å². The first-order valence-corrected chi connectivity index (χ1v) is 21.3. The molecule has 0 aliphatic carbocycles. The van der Waals surface area contributed by atoms with Crippen LogP contribution in [0.4, 0.5) is 4.79 Å². The van der Waals surface area contributed by atoms with Crippen molar-refractivity contribution < 1.29 is 46.8 Å². The van der Waals surface area contributed by atoms with Crippen LogP contribution in [0.2, 0.25) is 0 Å². The smallest absolute Gasteiger partial charge is 0.497 e.